The third kappa shape index (κ3) is 3.51. The van der Waals surface area contributed by atoms with Gasteiger partial charge < -0.3 is 19.4 Å². The summed E-state index contributed by atoms with van der Waals surface area (Å²) >= 11 is 0. The van der Waals surface area contributed by atoms with Crippen LogP contribution in [-0.2, 0) is 16.1 Å². The Morgan fingerprint density at radius 2 is 2.07 bits per heavy atom. The van der Waals surface area contributed by atoms with E-state index in [0.29, 0.717) is 5.92 Å². The number of amides is 1. The van der Waals surface area contributed by atoms with E-state index in [1.54, 1.807) is 21.1 Å². The van der Waals surface area contributed by atoms with Gasteiger partial charge in [0.05, 0.1) is 13.7 Å². The summed E-state index contributed by atoms with van der Waals surface area (Å²) in [6.45, 7) is 7.20. The Morgan fingerprint density at radius 3 is 2.75 bits per heavy atom. The number of fused-ring (bicyclic) bond motifs is 1. The first-order chi connectivity index (χ1) is 13.5. The van der Waals surface area contributed by atoms with Crippen LogP contribution in [-0.4, -0.2) is 67.7 Å². The predicted octanol–water partition coefficient (Wildman–Crippen LogP) is 2.88. The van der Waals surface area contributed by atoms with Crippen LogP contribution in [0.4, 0.5) is 0 Å². The lowest BCUT2D eigenvalue weighted by Crippen LogP contribution is -2.45. The van der Waals surface area contributed by atoms with Crippen molar-refractivity contribution >= 4 is 16.8 Å². The van der Waals surface area contributed by atoms with Crippen molar-refractivity contribution in [1.82, 2.24) is 14.8 Å². The minimum atomic E-state index is 0.188. The number of nitrogens with zero attached hydrogens (tertiary/aromatic N) is 2. The minimum Gasteiger partial charge on any atom is -0.497 e. The average Bonchev–Trinajstić information content (AvgIpc) is 3.26. The topological polar surface area (TPSA) is 57.8 Å². The van der Waals surface area contributed by atoms with Gasteiger partial charge in [0, 0.05) is 56.7 Å². The first-order valence-corrected chi connectivity index (χ1v) is 10.2. The van der Waals surface area contributed by atoms with Crippen molar-refractivity contribution in [3.05, 3.63) is 30.0 Å². The molecule has 1 atom stereocenters. The molecule has 152 valence electrons. The van der Waals surface area contributed by atoms with Gasteiger partial charge in [-0.05, 0) is 55.1 Å². The number of hydrogen-bond acceptors (Lipinski definition) is 4. The number of H-pyrrole nitrogens is 1. The standard InChI is InChI=1S/C22H31N3O3/c1-16(26)25-13-18(14-27-2)22(15-25)6-8-24(9-7-22)12-17-11-23-21-5-4-19(28-3)10-20(17)21/h4-5,10-11,18,23H,6-9,12-15H2,1-3H3. The summed E-state index contributed by atoms with van der Waals surface area (Å²) in [5, 5.41) is 1.24. The van der Waals surface area contributed by atoms with E-state index in [4.69, 9.17) is 9.47 Å². The molecule has 6 nitrogen and oxygen atoms in total. The summed E-state index contributed by atoms with van der Waals surface area (Å²) in [6.07, 6.45) is 4.36. The van der Waals surface area contributed by atoms with Crippen LogP contribution in [0.15, 0.2) is 24.4 Å². The van der Waals surface area contributed by atoms with E-state index in [0.717, 1.165) is 63.4 Å². The van der Waals surface area contributed by atoms with Gasteiger partial charge in [-0.2, -0.15) is 0 Å². The summed E-state index contributed by atoms with van der Waals surface area (Å²) in [5.41, 5.74) is 2.68. The van der Waals surface area contributed by atoms with E-state index in [-0.39, 0.29) is 11.3 Å². The molecule has 2 fully saturated rings. The second-order valence-corrected chi connectivity index (χ2v) is 8.42. The van der Waals surface area contributed by atoms with Crippen molar-refractivity contribution in [3.8, 4) is 5.75 Å². The summed E-state index contributed by atoms with van der Waals surface area (Å²) in [4.78, 5) is 19.9. The number of hydrogen-bond donors (Lipinski definition) is 1. The maximum atomic E-state index is 11.9. The molecule has 2 aliphatic rings. The second kappa shape index (κ2) is 7.76. The van der Waals surface area contributed by atoms with Crippen LogP contribution in [0.5, 0.6) is 5.75 Å². The molecular formula is C22H31N3O3. The van der Waals surface area contributed by atoms with E-state index >= 15 is 0 Å². The smallest absolute Gasteiger partial charge is 0.219 e. The molecule has 0 radical (unpaired) electrons. The first kappa shape index (κ1) is 19.3. The monoisotopic (exact) mass is 385 g/mol. The molecule has 6 heteroatoms. The number of carbonyl (C=O) groups is 1. The number of aromatic amines is 1. The van der Waals surface area contributed by atoms with E-state index in [2.05, 4.69) is 28.2 Å². The fourth-order valence-corrected chi connectivity index (χ4v) is 5.08. The van der Waals surface area contributed by atoms with Crippen LogP contribution < -0.4 is 4.74 Å². The third-order valence-electron chi connectivity index (χ3n) is 6.85. The maximum absolute atomic E-state index is 11.9. The number of benzene rings is 1. The Kier molecular flexibility index (Phi) is 5.34. The van der Waals surface area contributed by atoms with Crippen molar-refractivity contribution < 1.29 is 14.3 Å². The predicted molar refractivity (Wildman–Crippen MR) is 109 cm³/mol. The Bertz CT molecular complexity index is 839. The average molecular weight is 386 g/mol. The van der Waals surface area contributed by atoms with Crippen LogP contribution in [0.1, 0.15) is 25.3 Å². The number of piperidine rings is 1. The largest absolute Gasteiger partial charge is 0.497 e. The first-order valence-electron chi connectivity index (χ1n) is 10.2. The molecule has 1 aromatic carbocycles. The molecular weight excluding hydrogens is 354 g/mol. The molecule has 4 rings (SSSR count). The van der Waals surface area contributed by atoms with Gasteiger partial charge in [-0.1, -0.05) is 0 Å². The Labute approximate surface area is 166 Å². The molecule has 28 heavy (non-hydrogen) atoms. The number of aromatic nitrogens is 1. The third-order valence-corrected chi connectivity index (χ3v) is 6.85. The Morgan fingerprint density at radius 1 is 1.29 bits per heavy atom. The van der Waals surface area contributed by atoms with Gasteiger partial charge in [0.1, 0.15) is 5.75 Å². The lowest BCUT2D eigenvalue weighted by molar-refractivity contribution is -0.128. The lowest BCUT2D eigenvalue weighted by atomic mass is 9.71. The molecule has 1 unspecified atom stereocenters. The van der Waals surface area contributed by atoms with Gasteiger partial charge >= 0.3 is 0 Å². The maximum Gasteiger partial charge on any atom is 0.219 e. The molecule has 1 amide bonds. The molecule has 0 saturated carbocycles. The van der Waals surface area contributed by atoms with Crippen LogP contribution in [0.3, 0.4) is 0 Å². The van der Waals surface area contributed by atoms with Crippen LogP contribution >= 0.6 is 0 Å². The van der Waals surface area contributed by atoms with Crippen molar-refractivity contribution in [2.75, 3.05) is 47.0 Å². The summed E-state index contributed by atoms with van der Waals surface area (Å²) in [6, 6.07) is 6.18. The fourth-order valence-electron chi connectivity index (χ4n) is 5.08. The molecule has 1 aromatic heterocycles. The quantitative estimate of drug-likeness (QED) is 0.860. The molecule has 0 aliphatic carbocycles. The zero-order valence-corrected chi connectivity index (χ0v) is 17.2. The van der Waals surface area contributed by atoms with Crippen molar-refractivity contribution in [3.63, 3.8) is 0 Å². The number of rotatable bonds is 5. The number of nitrogens with one attached hydrogen (secondary N) is 1. The van der Waals surface area contributed by atoms with Crippen molar-refractivity contribution in [2.24, 2.45) is 11.3 Å². The molecule has 1 spiro atoms. The van der Waals surface area contributed by atoms with Crippen LogP contribution in [0, 0.1) is 11.3 Å². The zero-order chi connectivity index (χ0) is 19.7. The molecule has 3 heterocycles. The van der Waals surface area contributed by atoms with E-state index in [1.165, 1.54) is 10.9 Å². The molecule has 1 N–H and O–H groups in total. The zero-order valence-electron chi connectivity index (χ0n) is 17.2. The van der Waals surface area contributed by atoms with Gasteiger partial charge in [0.15, 0.2) is 0 Å². The fraction of sp³-hybridized carbons (Fsp3) is 0.591. The van der Waals surface area contributed by atoms with Gasteiger partial charge in [-0.3, -0.25) is 9.69 Å². The van der Waals surface area contributed by atoms with Gasteiger partial charge in [-0.15, -0.1) is 0 Å². The lowest BCUT2D eigenvalue weighted by Gasteiger charge is -2.42. The summed E-state index contributed by atoms with van der Waals surface area (Å²) < 4.78 is 10.9. The van der Waals surface area contributed by atoms with Gasteiger partial charge in [0.25, 0.3) is 0 Å². The van der Waals surface area contributed by atoms with E-state index in [1.807, 2.05) is 11.0 Å². The Hall–Kier alpha value is -2.05. The minimum absolute atomic E-state index is 0.188. The highest BCUT2D eigenvalue weighted by Crippen LogP contribution is 2.45. The van der Waals surface area contributed by atoms with Crippen LogP contribution in [0.25, 0.3) is 10.9 Å². The normalized spacial score (nSPS) is 22.2. The van der Waals surface area contributed by atoms with Gasteiger partial charge in [0.2, 0.25) is 5.91 Å². The summed E-state index contributed by atoms with van der Waals surface area (Å²) in [7, 11) is 3.48. The summed E-state index contributed by atoms with van der Waals surface area (Å²) in [5.74, 6) is 1.53. The van der Waals surface area contributed by atoms with E-state index < -0.39 is 0 Å². The van der Waals surface area contributed by atoms with Crippen molar-refractivity contribution in [2.45, 2.75) is 26.3 Å². The Balaban J connectivity index is 1.45. The number of ether oxygens (including phenoxy) is 2. The number of methoxy groups -OCH3 is 2. The highest BCUT2D eigenvalue weighted by molar-refractivity contribution is 5.84. The molecule has 0 bridgehead atoms. The SMILES string of the molecule is COCC1CN(C(C)=O)CC12CCN(Cc1c[nH]c3ccc(OC)cc13)CC2. The van der Waals surface area contributed by atoms with Crippen molar-refractivity contribution in [1.29, 1.82) is 0 Å². The molecule has 2 aliphatic heterocycles. The number of carbonyl (C=O) groups excluding carboxylic acids is 1. The van der Waals surface area contributed by atoms with Gasteiger partial charge in [-0.25, -0.2) is 0 Å². The van der Waals surface area contributed by atoms with E-state index in [9.17, 15) is 4.79 Å². The van der Waals surface area contributed by atoms with Crippen LogP contribution in [0.2, 0.25) is 0 Å². The molecule has 2 aromatic rings. The highest BCUT2D eigenvalue weighted by Gasteiger charge is 2.48. The number of likely N-dealkylation sites (tertiary alicyclic amines) is 2. The second-order valence-electron chi connectivity index (χ2n) is 8.42. The molecule has 2 saturated heterocycles. The highest BCUT2D eigenvalue weighted by atomic mass is 16.5.